The molecule has 1 rings (SSSR count). The van der Waals surface area contributed by atoms with Crippen molar-refractivity contribution in [3.63, 3.8) is 0 Å². The van der Waals surface area contributed by atoms with Gasteiger partial charge in [0.25, 0.3) is 0 Å². The first kappa shape index (κ1) is 14.9. The van der Waals surface area contributed by atoms with Crippen LogP contribution in [0.4, 0.5) is 0 Å². The summed E-state index contributed by atoms with van der Waals surface area (Å²) in [5, 5.41) is 3.62. The predicted octanol–water partition coefficient (Wildman–Crippen LogP) is 3.89. The van der Waals surface area contributed by atoms with Crippen LogP contribution >= 0.6 is 22.9 Å². The molecule has 0 aliphatic heterocycles. The number of hydrogen-bond acceptors (Lipinski definition) is 3. The van der Waals surface area contributed by atoms with Crippen LogP contribution in [0.3, 0.4) is 0 Å². The van der Waals surface area contributed by atoms with E-state index in [1.165, 1.54) is 10.7 Å². The molecule has 0 aliphatic rings. The smallest absolute Gasteiger partial charge is 0.107 e. The molecule has 1 aromatic heterocycles. The van der Waals surface area contributed by atoms with Crippen molar-refractivity contribution in [2.24, 2.45) is 0 Å². The third kappa shape index (κ3) is 5.36. The van der Waals surface area contributed by atoms with Gasteiger partial charge in [0.05, 0.1) is 12.2 Å². The maximum absolute atomic E-state index is 5.95. The topological polar surface area (TPSA) is 16.1 Å². The van der Waals surface area contributed by atoms with Crippen molar-refractivity contribution in [3.8, 4) is 0 Å². The molecule has 0 N–H and O–H groups in total. The summed E-state index contributed by atoms with van der Waals surface area (Å²) in [4.78, 5) is 6.97. The Kier molecular flexibility index (Phi) is 5.42. The second-order valence-corrected chi connectivity index (χ2v) is 7.37. The van der Waals surface area contributed by atoms with Gasteiger partial charge in [-0.15, -0.1) is 22.9 Å². The van der Waals surface area contributed by atoms with E-state index in [9.17, 15) is 0 Å². The Morgan fingerprint density at radius 3 is 2.59 bits per heavy atom. The van der Waals surface area contributed by atoms with Crippen molar-refractivity contribution in [1.29, 1.82) is 0 Å². The maximum Gasteiger partial charge on any atom is 0.107 e. The molecular weight excluding hydrogens is 252 g/mol. The van der Waals surface area contributed by atoms with Crippen LogP contribution in [-0.2, 0) is 12.0 Å². The van der Waals surface area contributed by atoms with Crippen molar-refractivity contribution < 1.29 is 0 Å². The van der Waals surface area contributed by atoms with Crippen molar-refractivity contribution in [1.82, 2.24) is 9.88 Å². The Hall–Kier alpha value is -0.120. The van der Waals surface area contributed by atoms with Crippen molar-refractivity contribution in [2.45, 2.75) is 51.5 Å². The number of alkyl halides is 1. The largest absolute Gasteiger partial charge is 0.300 e. The normalized spacial score (nSPS) is 14.3. The second-order valence-electron chi connectivity index (χ2n) is 5.68. The number of hydrogen-bond donors (Lipinski definition) is 0. The molecule has 0 amide bonds. The van der Waals surface area contributed by atoms with Crippen molar-refractivity contribution >= 4 is 22.9 Å². The molecule has 1 aromatic rings. The highest BCUT2D eigenvalue weighted by atomic mass is 35.5. The standard InChI is InChI=1S/C13H23ClN2S/c1-10(14)6-7-16(5)8-12-15-11(9-17-12)13(2,3)4/h9-10H,6-8H2,1-5H3. The molecule has 1 unspecified atom stereocenters. The fourth-order valence-electron chi connectivity index (χ4n) is 1.44. The minimum Gasteiger partial charge on any atom is -0.300 e. The van der Waals surface area contributed by atoms with Gasteiger partial charge < -0.3 is 0 Å². The highest BCUT2D eigenvalue weighted by molar-refractivity contribution is 7.09. The van der Waals surface area contributed by atoms with E-state index in [0.717, 1.165) is 19.5 Å². The Labute approximate surface area is 114 Å². The summed E-state index contributed by atoms with van der Waals surface area (Å²) in [6.07, 6.45) is 1.02. The van der Waals surface area contributed by atoms with E-state index in [1.807, 2.05) is 6.92 Å². The van der Waals surface area contributed by atoms with Gasteiger partial charge in [-0.1, -0.05) is 20.8 Å². The average Bonchev–Trinajstić information content (AvgIpc) is 2.62. The molecule has 0 spiro atoms. The number of thiazole rings is 1. The molecule has 0 saturated heterocycles. The van der Waals surface area contributed by atoms with Gasteiger partial charge in [0.15, 0.2) is 0 Å². The minimum absolute atomic E-state index is 0.151. The van der Waals surface area contributed by atoms with Gasteiger partial charge in [0, 0.05) is 16.2 Å². The van der Waals surface area contributed by atoms with Crippen LogP contribution in [0.25, 0.3) is 0 Å². The zero-order valence-corrected chi connectivity index (χ0v) is 13.0. The van der Waals surface area contributed by atoms with Gasteiger partial charge in [-0.2, -0.15) is 0 Å². The Bertz CT molecular complexity index is 341. The number of halogens is 1. The molecule has 0 fully saturated rings. The first-order valence-electron chi connectivity index (χ1n) is 6.06. The van der Waals surface area contributed by atoms with Gasteiger partial charge in [-0.25, -0.2) is 4.98 Å². The molecular formula is C13H23ClN2S. The van der Waals surface area contributed by atoms with Gasteiger partial charge in [0.1, 0.15) is 5.01 Å². The highest BCUT2D eigenvalue weighted by Crippen LogP contribution is 2.24. The Morgan fingerprint density at radius 2 is 2.12 bits per heavy atom. The maximum atomic E-state index is 5.95. The summed E-state index contributed by atoms with van der Waals surface area (Å²) >= 11 is 7.70. The third-order valence-electron chi connectivity index (χ3n) is 2.63. The van der Waals surface area contributed by atoms with Crippen LogP contribution in [-0.4, -0.2) is 28.9 Å². The van der Waals surface area contributed by atoms with E-state index in [1.54, 1.807) is 11.3 Å². The molecule has 98 valence electrons. The summed E-state index contributed by atoms with van der Waals surface area (Å²) in [5.74, 6) is 0. The zero-order chi connectivity index (χ0) is 13.1. The molecule has 0 bridgehead atoms. The molecule has 1 atom stereocenters. The third-order valence-corrected chi connectivity index (χ3v) is 3.69. The number of rotatable bonds is 5. The fourth-order valence-corrected chi connectivity index (χ4v) is 2.63. The second kappa shape index (κ2) is 6.17. The number of aromatic nitrogens is 1. The van der Waals surface area contributed by atoms with E-state index in [2.05, 4.69) is 38.1 Å². The van der Waals surface area contributed by atoms with Crippen LogP contribution in [0.2, 0.25) is 0 Å². The van der Waals surface area contributed by atoms with Gasteiger partial charge in [-0.05, 0) is 26.9 Å². The van der Waals surface area contributed by atoms with E-state index in [-0.39, 0.29) is 10.8 Å². The van der Waals surface area contributed by atoms with Crippen molar-refractivity contribution in [3.05, 3.63) is 16.1 Å². The van der Waals surface area contributed by atoms with Gasteiger partial charge in [-0.3, -0.25) is 4.90 Å². The monoisotopic (exact) mass is 274 g/mol. The molecule has 0 aliphatic carbocycles. The predicted molar refractivity (Wildman–Crippen MR) is 77.1 cm³/mol. The Balaban J connectivity index is 2.49. The van der Waals surface area contributed by atoms with Gasteiger partial charge >= 0.3 is 0 Å². The van der Waals surface area contributed by atoms with Crippen LogP contribution < -0.4 is 0 Å². The summed E-state index contributed by atoms with van der Waals surface area (Å²) in [7, 11) is 2.12. The van der Waals surface area contributed by atoms with Crippen molar-refractivity contribution in [2.75, 3.05) is 13.6 Å². The Morgan fingerprint density at radius 1 is 1.47 bits per heavy atom. The highest BCUT2D eigenvalue weighted by Gasteiger charge is 2.17. The van der Waals surface area contributed by atoms with E-state index < -0.39 is 0 Å². The fraction of sp³-hybridized carbons (Fsp3) is 0.769. The average molecular weight is 275 g/mol. The molecule has 1 heterocycles. The molecule has 4 heteroatoms. The summed E-state index contributed by atoms with van der Waals surface area (Å²) in [6, 6.07) is 0. The number of nitrogens with zero attached hydrogens (tertiary/aromatic N) is 2. The van der Waals surface area contributed by atoms with Crippen LogP contribution in [0.1, 0.15) is 44.8 Å². The lowest BCUT2D eigenvalue weighted by molar-refractivity contribution is 0.320. The lowest BCUT2D eigenvalue weighted by Crippen LogP contribution is -2.21. The van der Waals surface area contributed by atoms with Crippen LogP contribution in [0, 0.1) is 0 Å². The molecule has 2 nitrogen and oxygen atoms in total. The molecule has 0 radical (unpaired) electrons. The van der Waals surface area contributed by atoms with Crippen LogP contribution in [0.15, 0.2) is 5.38 Å². The first-order valence-corrected chi connectivity index (χ1v) is 7.38. The van der Waals surface area contributed by atoms with Gasteiger partial charge in [0.2, 0.25) is 0 Å². The quantitative estimate of drug-likeness (QED) is 0.758. The lowest BCUT2D eigenvalue weighted by atomic mass is 9.93. The molecule has 0 aromatic carbocycles. The van der Waals surface area contributed by atoms with E-state index in [0.29, 0.717) is 0 Å². The minimum atomic E-state index is 0.151. The van der Waals surface area contributed by atoms with Crippen LogP contribution in [0.5, 0.6) is 0 Å². The zero-order valence-electron chi connectivity index (χ0n) is 11.5. The lowest BCUT2D eigenvalue weighted by Gasteiger charge is -2.16. The summed E-state index contributed by atoms with van der Waals surface area (Å²) in [5.41, 5.74) is 1.34. The molecule has 17 heavy (non-hydrogen) atoms. The van der Waals surface area contributed by atoms with E-state index >= 15 is 0 Å². The first-order chi connectivity index (χ1) is 7.79. The summed E-state index contributed by atoms with van der Waals surface area (Å²) < 4.78 is 0. The summed E-state index contributed by atoms with van der Waals surface area (Å²) in [6.45, 7) is 10.6. The molecule has 0 saturated carbocycles. The van der Waals surface area contributed by atoms with E-state index in [4.69, 9.17) is 16.6 Å². The SMILES string of the molecule is CC(Cl)CCN(C)Cc1nc(C(C)(C)C)cs1.